The Labute approximate surface area is 173 Å². The molecule has 1 atom stereocenters. The monoisotopic (exact) mass is 417 g/mol. The number of nitrogens with one attached hydrogen (secondary N) is 1. The summed E-state index contributed by atoms with van der Waals surface area (Å²) in [5.41, 5.74) is 2.55. The van der Waals surface area contributed by atoms with Crippen LogP contribution >= 0.6 is 36.2 Å². The fourth-order valence-corrected chi connectivity index (χ4v) is 4.13. The van der Waals surface area contributed by atoms with E-state index in [1.807, 2.05) is 12.1 Å². The number of thiazole rings is 1. The van der Waals surface area contributed by atoms with Crippen LogP contribution in [0.4, 0.5) is 0 Å². The van der Waals surface area contributed by atoms with Crippen molar-refractivity contribution in [3.05, 3.63) is 45.9 Å². The van der Waals surface area contributed by atoms with Gasteiger partial charge < -0.3 is 10.1 Å². The van der Waals surface area contributed by atoms with Gasteiger partial charge in [-0.15, -0.1) is 36.2 Å². The quantitative estimate of drug-likeness (QED) is 0.797. The van der Waals surface area contributed by atoms with Gasteiger partial charge in [-0.05, 0) is 6.07 Å². The molecule has 1 saturated heterocycles. The lowest BCUT2D eigenvalue weighted by molar-refractivity contribution is 0.150. The second-order valence-electron chi connectivity index (χ2n) is 7.31. The number of para-hydroxylation sites is 1. The van der Waals surface area contributed by atoms with Crippen molar-refractivity contribution in [2.45, 2.75) is 38.8 Å². The zero-order valence-electron chi connectivity index (χ0n) is 15.8. The van der Waals surface area contributed by atoms with Gasteiger partial charge in [0.05, 0.1) is 25.4 Å². The average molecular weight is 418 g/mol. The SMILES string of the molecule is COc1ccccc1C1CNCCN1Cc1nc(C(C)(C)C)cs1.Cl.Cl. The summed E-state index contributed by atoms with van der Waals surface area (Å²) in [6.45, 7) is 10.5. The zero-order chi connectivity index (χ0) is 17.2. The maximum Gasteiger partial charge on any atom is 0.123 e. The van der Waals surface area contributed by atoms with Crippen LogP contribution in [-0.2, 0) is 12.0 Å². The molecule has 0 aliphatic carbocycles. The molecule has 2 aromatic rings. The third kappa shape index (κ3) is 5.33. The Kier molecular flexibility index (Phi) is 8.83. The molecule has 0 spiro atoms. The van der Waals surface area contributed by atoms with E-state index in [0.717, 1.165) is 31.9 Å². The third-order valence-corrected chi connectivity index (χ3v) is 5.34. The van der Waals surface area contributed by atoms with Crippen molar-refractivity contribution in [3.63, 3.8) is 0 Å². The lowest BCUT2D eigenvalue weighted by atomic mass is 9.93. The van der Waals surface area contributed by atoms with E-state index >= 15 is 0 Å². The summed E-state index contributed by atoms with van der Waals surface area (Å²) in [5.74, 6) is 0.964. The van der Waals surface area contributed by atoms with Gasteiger partial charge in [-0.2, -0.15) is 0 Å². The van der Waals surface area contributed by atoms with Crippen molar-refractivity contribution < 1.29 is 4.74 Å². The standard InChI is InChI=1S/C19H27N3OS.2ClH/c1-19(2,3)17-13-24-18(21-17)12-22-10-9-20-11-15(22)14-7-5-6-8-16(14)23-4;;/h5-8,13,15,20H,9-12H2,1-4H3;2*1H. The lowest BCUT2D eigenvalue weighted by Gasteiger charge is -2.36. The van der Waals surface area contributed by atoms with E-state index in [9.17, 15) is 0 Å². The molecule has 1 N–H and O–H groups in total. The fraction of sp³-hybridized carbons (Fsp3) is 0.526. The Morgan fingerprint density at radius 2 is 2.00 bits per heavy atom. The van der Waals surface area contributed by atoms with Crippen molar-refractivity contribution in [1.29, 1.82) is 0 Å². The van der Waals surface area contributed by atoms with Gasteiger partial charge in [0.1, 0.15) is 10.8 Å². The van der Waals surface area contributed by atoms with Gasteiger partial charge in [-0.25, -0.2) is 4.98 Å². The largest absolute Gasteiger partial charge is 0.496 e. The predicted molar refractivity (Wildman–Crippen MR) is 114 cm³/mol. The number of aromatic nitrogens is 1. The van der Waals surface area contributed by atoms with E-state index in [1.165, 1.54) is 16.3 Å². The van der Waals surface area contributed by atoms with E-state index in [-0.39, 0.29) is 30.2 Å². The number of rotatable bonds is 4. The minimum Gasteiger partial charge on any atom is -0.496 e. The van der Waals surface area contributed by atoms with Gasteiger partial charge in [-0.3, -0.25) is 4.90 Å². The molecule has 0 saturated carbocycles. The van der Waals surface area contributed by atoms with Crippen molar-refractivity contribution >= 4 is 36.2 Å². The number of methoxy groups -OCH3 is 1. The molecule has 0 amide bonds. The van der Waals surface area contributed by atoms with Crippen molar-refractivity contribution in [3.8, 4) is 5.75 Å². The molecule has 1 aromatic heterocycles. The molecule has 1 aliphatic rings. The molecule has 2 heterocycles. The molecular weight excluding hydrogens is 389 g/mol. The second-order valence-corrected chi connectivity index (χ2v) is 8.25. The zero-order valence-corrected chi connectivity index (χ0v) is 18.3. The minimum atomic E-state index is 0. The van der Waals surface area contributed by atoms with Crippen LogP contribution in [0.2, 0.25) is 0 Å². The Bertz CT molecular complexity index is 687. The van der Waals surface area contributed by atoms with E-state index in [2.05, 4.69) is 48.5 Å². The molecule has 26 heavy (non-hydrogen) atoms. The van der Waals surface area contributed by atoms with Gasteiger partial charge in [0.15, 0.2) is 0 Å². The van der Waals surface area contributed by atoms with Gasteiger partial charge >= 0.3 is 0 Å². The highest BCUT2D eigenvalue weighted by Gasteiger charge is 2.27. The summed E-state index contributed by atoms with van der Waals surface area (Å²) in [6.07, 6.45) is 0. The number of nitrogens with zero attached hydrogens (tertiary/aromatic N) is 2. The first-order valence-corrected chi connectivity index (χ1v) is 9.39. The topological polar surface area (TPSA) is 37.4 Å². The van der Waals surface area contributed by atoms with Crippen LogP contribution < -0.4 is 10.1 Å². The lowest BCUT2D eigenvalue weighted by Crippen LogP contribution is -2.45. The molecule has 1 unspecified atom stereocenters. The highest BCUT2D eigenvalue weighted by molar-refractivity contribution is 7.09. The first kappa shape index (κ1) is 23.2. The molecule has 1 aromatic carbocycles. The van der Waals surface area contributed by atoms with Crippen LogP contribution in [-0.4, -0.2) is 36.6 Å². The van der Waals surface area contributed by atoms with Gasteiger partial charge in [0.25, 0.3) is 0 Å². The number of halogens is 2. The molecule has 1 fully saturated rings. The number of ether oxygens (including phenoxy) is 1. The van der Waals surface area contributed by atoms with Gasteiger partial charge in [0, 0.05) is 36.0 Å². The Hall–Kier alpha value is -0.850. The summed E-state index contributed by atoms with van der Waals surface area (Å²) in [7, 11) is 1.75. The first-order valence-electron chi connectivity index (χ1n) is 8.51. The highest BCUT2D eigenvalue weighted by atomic mass is 35.5. The van der Waals surface area contributed by atoms with Gasteiger partial charge in [0.2, 0.25) is 0 Å². The Morgan fingerprint density at radius 1 is 1.27 bits per heavy atom. The summed E-state index contributed by atoms with van der Waals surface area (Å²) in [4.78, 5) is 7.39. The number of hydrogen-bond acceptors (Lipinski definition) is 5. The van der Waals surface area contributed by atoms with Crippen LogP contribution in [0.5, 0.6) is 5.75 Å². The van der Waals surface area contributed by atoms with Crippen LogP contribution in [0.25, 0.3) is 0 Å². The average Bonchev–Trinajstić information content (AvgIpc) is 3.04. The molecule has 7 heteroatoms. The smallest absolute Gasteiger partial charge is 0.123 e. The van der Waals surface area contributed by atoms with Crippen LogP contribution in [0, 0.1) is 0 Å². The summed E-state index contributed by atoms with van der Waals surface area (Å²) >= 11 is 1.77. The van der Waals surface area contributed by atoms with E-state index in [1.54, 1.807) is 18.4 Å². The number of piperazine rings is 1. The Morgan fingerprint density at radius 3 is 2.65 bits per heavy atom. The molecule has 1 aliphatic heterocycles. The molecular formula is C19H29Cl2N3OS. The van der Waals surface area contributed by atoms with Crippen molar-refractivity contribution in [2.24, 2.45) is 0 Å². The predicted octanol–water partition coefficient (Wildman–Crippen LogP) is 4.44. The Balaban J connectivity index is 0.00000169. The van der Waals surface area contributed by atoms with Gasteiger partial charge in [-0.1, -0.05) is 39.0 Å². The number of hydrogen-bond donors (Lipinski definition) is 1. The molecule has 0 radical (unpaired) electrons. The van der Waals surface area contributed by atoms with Crippen molar-refractivity contribution in [2.75, 3.05) is 26.7 Å². The summed E-state index contributed by atoms with van der Waals surface area (Å²) in [5, 5.41) is 6.92. The normalized spacial score (nSPS) is 17.9. The van der Waals surface area contributed by atoms with E-state index in [4.69, 9.17) is 9.72 Å². The second kappa shape index (κ2) is 9.90. The van der Waals surface area contributed by atoms with E-state index in [0.29, 0.717) is 6.04 Å². The molecule has 4 nitrogen and oxygen atoms in total. The first-order chi connectivity index (χ1) is 11.5. The maximum atomic E-state index is 5.58. The third-order valence-electron chi connectivity index (χ3n) is 4.51. The molecule has 3 rings (SSSR count). The van der Waals surface area contributed by atoms with Crippen LogP contribution in [0.3, 0.4) is 0 Å². The summed E-state index contributed by atoms with van der Waals surface area (Å²) < 4.78 is 5.58. The molecule has 0 bridgehead atoms. The van der Waals surface area contributed by atoms with E-state index < -0.39 is 0 Å². The summed E-state index contributed by atoms with van der Waals surface area (Å²) in [6, 6.07) is 8.65. The van der Waals surface area contributed by atoms with Crippen molar-refractivity contribution in [1.82, 2.24) is 15.2 Å². The number of benzene rings is 1. The maximum absolute atomic E-state index is 5.58. The molecule has 146 valence electrons. The van der Waals surface area contributed by atoms with Crippen LogP contribution in [0.15, 0.2) is 29.6 Å². The van der Waals surface area contributed by atoms with Crippen LogP contribution in [0.1, 0.15) is 43.1 Å². The fourth-order valence-electron chi connectivity index (χ4n) is 3.09. The highest BCUT2D eigenvalue weighted by Crippen LogP contribution is 2.32. The minimum absolute atomic E-state index is 0.